The summed E-state index contributed by atoms with van der Waals surface area (Å²) in [4.78, 5) is 0.0620. The molecule has 0 aliphatic rings. The van der Waals surface area contributed by atoms with E-state index in [1.165, 1.54) is 30.3 Å². The third kappa shape index (κ3) is 3.89. The highest BCUT2D eigenvalue weighted by Gasteiger charge is 2.16. The first kappa shape index (κ1) is 16.1. The zero-order chi connectivity index (χ0) is 15.6. The van der Waals surface area contributed by atoms with Gasteiger partial charge in [-0.25, -0.2) is 8.42 Å². The Kier molecular flexibility index (Phi) is 4.78. The zero-order valence-corrected chi connectivity index (χ0v) is 13.4. The van der Waals surface area contributed by atoms with Gasteiger partial charge in [0.1, 0.15) is 0 Å². The molecule has 7 heteroatoms. The molecule has 0 radical (unpaired) electrons. The molecule has 0 aliphatic heterocycles. The van der Waals surface area contributed by atoms with E-state index < -0.39 is 16.1 Å². The molecule has 1 atom stereocenters. The molecule has 2 aromatic rings. The number of halogens is 2. The molecule has 0 fully saturated rings. The van der Waals surface area contributed by atoms with Gasteiger partial charge < -0.3 is 5.11 Å². The number of hydrogen-bond donors (Lipinski definition) is 2. The molecule has 0 aliphatic carbocycles. The molecular weight excluding hydrogens is 333 g/mol. The molecule has 0 saturated carbocycles. The van der Waals surface area contributed by atoms with Crippen LogP contribution in [0.4, 0.5) is 5.69 Å². The lowest BCUT2D eigenvalue weighted by atomic mass is 10.1. The molecule has 21 heavy (non-hydrogen) atoms. The highest BCUT2D eigenvalue weighted by molar-refractivity contribution is 7.92. The second-order valence-corrected chi connectivity index (χ2v) is 6.98. The van der Waals surface area contributed by atoms with E-state index in [9.17, 15) is 13.5 Å². The largest absolute Gasteiger partial charge is 0.389 e. The average molecular weight is 346 g/mol. The predicted octanol–water partition coefficient (Wildman–Crippen LogP) is 3.85. The van der Waals surface area contributed by atoms with Crippen molar-refractivity contribution in [1.29, 1.82) is 0 Å². The number of nitrogens with one attached hydrogen (secondary N) is 1. The van der Waals surface area contributed by atoms with Crippen LogP contribution >= 0.6 is 23.2 Å². The number of hydrogen-bond acceptors (Lipinski definition) is 3. The Morgan fingerprint density at radius 1 is 1.10 bits per heavy atom. The second-order valence-electron chi connectivity index (χ2n) is 4.48. The van der Waals surface area contributed by atoms with Crippen LogP contribution in [-0.2, 0) is 10.0 Å². The summed E-state index contributed by atoms with van der Waals surface area (Å²) in [5.41, 5.74) is 0.832. The molecule has 2 N–H and O–H groups in total. The maximum atomic E-state index is 12.3. The fraction of sp³-hybridized carbons (Fsp3) is 0.143. The fourth-order valence-electron chi connectivity index (χ4n) is 1.72. The van der Waals surface area contributed by atoms with Crippen LogP contribution in [0.2, 0.25) is 10.0 Å². The summed E-state index contributed by atoms with van der Waals surface area (Å²) in [6, 6.07) is 10.6. The molecule has 112 valence electrons. The van der Waals surface area contributed by atoms with Gasteiger partial charge in [-0.2, -0.15) is 0 Å². The van der Waals surface area contributed by atoms with Gasteiger partial charge in [0.15, 0.2) is 0 Å². The van der Waals surface area contributed by atoms with E-state index in [4.69, 9.17) is 23.2 Å². The van der Waals surface area contributed by atoms with Gasteiger partial charge in [-0.3, -0.25) is 4.72 Å². The van der Waals surface area contributed by atoms with Crippen molar-refractivity contribution in [1.82, 2.24) is 0 Å². The van der Waals surface area contributed by atoms with Crippen molar-refractivity contribution in [3.8, 4) is 0 Å². The first-order valence-electron chi connectivity index (χ1n) is 6.05. The molecule has 2 aromatic carbocycles. The van der Waals surface area contributed by atoms with Crippen LogP contribution in [0.5, 0.6) is 0 Å². The van der Waals surface area contributed by atoms with Crippen molar-refractivity contribution in [3.63, 3.8) is 0 Å². The standard InChI is InChI=1S/C14H13Cl2NO3S/c1-9(18)10-3-2-4-12(7-10)21(19,20)17-11-5-6-13(15)14(16)8-11/h2-9,17-18H,1H3. The first-order chi connectivity index (χ1) is 9.79. The van der Waals surface area contributed by atoms with Gasteiger partial charge in [-0.05, 0) is 42.8 Å². The van der Waals surface area contributed by atoms with Crippen molar-refractivity contribution in [2.24, 2.45) is 0 Å². The van der Waals surface area contributed by atoms with E-state index in [2.05, 4.69) is 4.72 Å². The Morgan fingerprint density at radius 2 is 1.81 bits per heavy atom. The van der Waals surface area contributed by atoms with Crippen molar-refractivity contribution in [3.05, 3.63) is 58.1 Å². The molecule has 2 rings (SSSR count). The first-order valence-corrected chi connectivity index (χ1v) is 8.29. The van der Waals surface area contributed by atoms with Gasteiger partial charge in [0.2, 0.25) is 0 Å². The number of sulfonamides is 1. The van der Waals surface area contributed by atoms with Gasteiger partial charge >= 0.3 is 0 Å². The minimum Gasteiger partial charge on any atom is -0.389 e. The van der Waals surface area contributed by atoms with Crippen LogP contribution in [0.3, 0.4) is 0 Å². The molecule has 0 aromatic heterocycles. The maximum absolute atomic E-state index is 12.3. The highest BCUT2D eigenvalue weighted by atomic mass is 35.5. The predicted molar refractivity (Wildman–Crippen MR) is 84.3 cm³/mol. The monoisotopic (exact) mass is 345 g/mol. The topological polar surface area (TPSA) is 66.4 Å². The number of aliphatic hydroxyl groups excluding tert-OH is 1. The summed E-state index contributed by atoms with van der Waals surface area (Å²) < 4.78 is 27.0. The lowest BCUT2D eigenvalue weighted by Crippen LogP contribution is -2.13. The minimum absolute atomic E-state index is 0.0620. The quantitative estimate of drug-likeness (QED) is 0.884. The third-order valence-electron chi connectivity index (χ3n) is 2.82. The molecule has 0 amide bonds. The summed E-state index contributed by atoms with van der Waals surface area (Å²) in [6.07, 6.45) is -0.745. The molecule has 0 heterocycles. The minimum atomic E-state index is -3.76. The van der Waals surface area contributed by atoms with Crippen LogP contribution in [0.15, 0.2) is 47.4 Å². The fourth-order valence-corrected chi connectivity index (χ4v) is 3.12. The van der Waals surface area contributed by atoms with Gasteiger partial charge in [-0.1, -0.05) is 35.3 Å². The van der Waals surface area contributed by atoms with Crippen LogP contribution in [0.25, 0.3) is 0 Å². The lowest BCUT2D eigenvalue weighted by molar-refractivity contribution is 0.199. The van der Waals surface area contributed by atoms with Crippen LogP contribution in [0, 0.1) is 0 Å². The summed E-state index contributed by atoms with van der Waals surface area (Å²) in [5.74, 6) is 0. The Balaban J connectivity index is 2.33. The van der Waals surface area contributed by atoms with E-state index in [0.717, 1.165) is 0 Å². The molecule has 4 nitrogen and oxygen atoms in total. The third-order valence-corrected chi connectivity index (χ3v) is 4.94. The Labute approximate surface area is 133 Å². The number of rotatable bonds is 4. The van der Waals surface area contributed by atoms with Crippen LogP contribution < -0.4 is 4.72 Å². The summed E-state index contributed by atoms with van der Waals surface area (Å²) in [6.45, 7) is 1.57. The van der Waals surface area contributed by atoms with Crippen molar-refractivity contribution in [2.45, 2.75) is 17.9 Å². The van der Waals surface area contributed by atoms with Gasteiger partial charge in [-0.15, -0.1) is 0 Å². The van der Waals surface area contributed by atoms with E-state index in [1.807, 2.05) is 0 Å². The van der Waals surface area contributed by atoms with Crippen molar-refractivity contribution >= 4 is 38.9 Å². The summed E-state index contributed by atoms with van der Waals surface area (Å²) >= 11 is 11.6. The maximum Gasteiger partial charge on any atom is 0.261 e. The van der Waals surface area contributed by atoms with Crippen molar-refractivity contribution < 1.29 is 13.5 Å². The normalized spacial score (nSPS) is 13.0. The Morgan fingerprint density at radius 3 is 2.43 bits per heavy atom. The van der Waals surface area contributed by atoms with Gasteiger partial charge in [0.05, 0.1) is 26.7 Å². The zero-order valence-electron chi connectivity index (χ0n) is 11.0. The molecule has 0 spiro atoms. The SMILES string of the molecule is CC(O)c1cccc(S(=O)(=O)Nc2ccc(Cl)c(Cl)c2)c1. The van der Waals surface area contributed by atoms with E-state index in [1.54, 1.807) is 19.1 Å². The molecular formula is C14H13Cl2NO3S. The summed E-state index contributed by atoms with van der Waals surface area (Å²) in [7, 11) is -3.76. The van der Waals surface area contributed by atoms with E-state index in [-0.39, 0.29) is 9.92 Å². The number of benzene rings is 2. The van der Waals surface area contributed by atoms with Crippen LogP contribution in [0.1, 0.15) is 18.6 Å². The van der Waals surface area contributed by atoms with Crippen molar-refractivity contribution in [2.75, 3.05) is 4.72 Å². The molecule has 0 saturated heterocycles. The summed E-state index contributed by atoms with van der Waals surface area (Å²) in [5, 5.41) is 10.1. The smallest absolute Gasteiger partial charge is 0.261 e. The number of aliphatic hydroxyl groups is 1. The Bertz CT molecular complexity index is 761. The Hall–Kier alpha value is -1.27. The van der Waals surface area contributed by atoms with Gasteiger partial charge in [0.25, 0.3) is 10.0 Å². The molecule has 1 unspecified atom stereocenters. The lowest BCUT2D eigenvalue weighted by Gasteiger charge is -2.11. The average Bonchev–Trinajstić information content (AvgIpc) is 2.43. The molecule has 0 bridgehead atoms. The second kappa shape index (κ2) is 6.23. The number of anilines is 1. The van der Waals surface area contributed by atoms with Crippen LogP contribution in [-0.4, -0.2) is 13.5 Å². The highest BCUT2D eigenvalue weighted by Crippen LogP contribution is 2.27. The van der Waals surface area contributed by atoms with E-state index >= 15 is 0 Å². The van der Waals surface area contributed by atoms with E-state index in [0.29, 0.717) is 16.3 Å². The van der Waals surface area contributed by atoms with Gasteiger partial charge in [0, 0.05) is 0 Å².